The average molecular weight is 204 g/mol. The van der Waals surface area contributed by atoms with E-state index in [1.54, 1.807) is 12.1 Å². The Morgan fingerprint density at radius 1 is 1.20 bits per heavy atom. The molecule has 0 saturated heterocycles. The number of hydrogen-bond acceptors (Lipinski definition) is 2. The second-order valence-electron chi connectivity index (χ2n) is 3.68. The molecule has 0 atom stereocenters. The molecule has 80 valence electrons. The lowest BCUT2D eigenvalue weighted by Gasteiger charge is -2.23. The lowest BCUT2D eigenvalue weighted by atomic mass is 9.77. The summed E-state index contributed by atoms with van der Waals surface area (Å²) in [5.41, 5.74) is -0.213. The average Bonchev–Trinajstić information content (AvgIpc) is 2.33. The van der Waals surface area contributed by atoms with Crippen LogP contribution in [0.25, 0.3) is 0 Å². The molecule has 1 aromatic carbocycles. The van der Waals surface area contributed by atoms with Gasteiger partial charge < -0.3 is 4.79 Å². The lowest BCUT2D eigenvalue weighted by Crippen LogP contribution is -2.31. The van der Waals surface area contributed by atoms with Gasteiger partial charge in [-0.25, -0.2) is 0 Å². The van der Waals surface area contributed by atoms with Gasteiger partial charge in [0.05, 0.1) is 5.41 Å². The minimum atomic E-state index is -0.832. The molecule has 0 aliphatic heterocycles. The highest BCUT2D eigenvalue weighted by atomic mass is 16.1. The molecule has 0 aliphatic rings. The molecule has 0 heterocycles. The van der Waals surface area contributed by atoms with Gasteiger partial charge in [0.15, 0.2) is 5.78 Å². The number of benzene rings is 1. The number of carbonyl (C=O) groups excluding carboxylic acids is 2. The lowest BCUT2D eigenvalue weighted by molar-refractivity contribution is -0.114. The van der Waals surface area contributed by atoms with Gasteiger partial charge in [-0.1, -0.05) is 44.2 Å². The predicted molar refractivity (Wildman–Crippen MR) is 59.9 cm³/mol. The molecule has 0 N–H and O–H groups in total. The van der Waals surface area contributed by atoms with E-state index >= 15 is 0 Å². The molecule has 15 heavy (non-hydrogen) atoms. The summed E-state index contributed by atoms with van der Waals surface area (Å²) in [6, 6.07) is 9.00. The van der Waals surface area contributed by atoms with Crippen molar-refractivity contribution in [2.45, 2.75) is 26.7 Å². The fourth-order valence-electron chi connectivity index (χ4n) is 1.67. The predicted octanol–water partition coefficient (Wildman–Crippen LogP) is 2.87. The van der Waals surface area contributed by atoms with Gasteiger partial charge in [-0.15, -0.1) is 0 Å². The third kappa shape index (κ3) is 2.14. The summed E-state index contributed by atoms with van der Waals surface area (Å²) in [6.45, 7) is 3.75. The van der Waals surface area contributed by atoms with Crippen LogP contribution < -0.4 is 0 Å². The van der Waals surface area contributed by atoms with Crippen LogP contribution >= 0.6 is 0 Å². The minimum Gasteiger partial charge on any atom is -0.302 e. The van der Waals surface area contributed by atoms with E-state index in [-0.39, 0.29) is 5.78 Å². The number of carbonyl (C=O) groups is 2. The van der Waals surface area contributed by atoms with Crippen LogP contribution in [0.1, 0.15) is 37.0 Å². The number of ketones is 1. The van der Waals surface area contributed by atoms with Crippen LogP contribution in [-0.2, 0) is 4.79 Å². The van der Waals surface area contributed by atoms with Crippen molar-refractivity contribution in [2.24, 2.45) is 5.41 Å². The number of Topliss-reactive ketones (excluding diaryl/α,β-unsaturated/α-hetero) is 1. The van der Waals surface area contributed by atoms with E-state index < -0.39 is 5.41 Å². The van der Waals surface area contributed by atoms with E-state index in [0.29, 0.717) is 18.4 Å². The first-order valence-corrected chi connectivity index (χ1v) is 5.26. The van der Waals surface area contributed by atoms with Crippen molar-refractivity contribution in [3.8, 4) is 0 Å². The monoisotopic (exact) mass is 204 g/mol. The third-order valence-electron chi connectivity index (χ3n) is 2.98. The van der Waals surface area contributed by atoms with Crippen LogP contribution in [0.15, 0.2) is 30.3 Å². The Bertz CT molecular complexity index is 337. The molecule has 2 heteroatoms. The number of rotatable bonds is 5. The Labute approximate surface area is 90.3 Å². The van der Waals surface area contributed by atoms with Crippen molar-refractivity contribution < 1.29 is 9.59 Å². The van der Waals surface area contributed by atoms with Crippen molar-refractivity contribution in [1.82, 2.24) is 0 Å². The number of aldehydes is 1. The van der Waals surface area contributed by atoms with Gasteiger partial charge in [0.2, 0.25) is 0 Å². The van der Waals surface area contributed by atoms with E-state index in [1.807, 2.05) is 32.0 Å². The van der Waals surface area contributed by atoms with E-state index in [2.05, 4.69) is 0 Å². The van der Waals surface area contributed by atoms with Crippen molar-refractivity contribution in [2.75, 3.05) is 0 Å². The summed E-state index contributed by atoms with van der Waals surface area (Å²) >= 11 is 0. The SMILES string of the molecule is CCC(C=O)(CC)C(=O)c1ccccc1. The van der Waals surface area contributed by atoms with E-state index in [1.165, 1.54) is 0 Å². The molecule has 0 radical (unpaired) electrons. The maximum atomic E-state index is 12.1. The van der Waals surface area contributed by atoms with Gasteiger partial charge in [-0.2, -0.15) is 0 Å². The molecule has 0 bridgehead atoms. The summed E-state index contributed by atoms with van der Waals surface area (Å²) in [7, 11) is 0. The van der Waals surface area contributed by atoms with Crippen LogP contribution in [0.4, 0.5) is 0 Å². The summed E-state index contributed by atoms with van der Waals surface area (Å²) < 4.78 is 0. The molecular weight excluding hydrogens is 188 g/mol. The maximum Gasteiger partial charge on any atom is 0.176 e. The number of hydrogen-bond donors (Lipinski definition) is 0. The summed E-state index contributed by atoms with van der Waals surface area (Å²) in [6.07, 6.45) is 1.91. The zero-order valence-corrected chi connectivity index (χ0v) is 9.19. The Kier molecular flexibility index (Phi) is 3.78. The van der Waals surface area contributed by atoms with E-state index in [4.69, 9.17) is 0 Å². The highest BCUT2D eigenvalue weighted by Gasteiger charge is 2.34. The minimum absolute atomic E-state index is 0.0666. The summed E-state index contributed by atoms with van der Waals surface area (Å²) in [5.74, 6) is -0.0666. The Hall–Kier alpha value is -1.44. The molecular formula is C13H16O2. The molecule has 0 amide bonds. The largest absolute Gasteiger partial charge is 0.302 e. The van der Waals surface area contributed by atoms with Crippen LogP contribution in [0.5, 0.6) is 0 Å². The van der Waals surface area contributed by atoms with Gasteiger partial charge in [0.25, 0.3) is 0 Å². The van der Waals surface area contributed by atoms with Crippen LogP contribution in [0, 0.1) is 5.41 Å². The van der Waals surface area contributed by atoms with Gasteiger partial charge in [-0.05, 0) is 12.8 Å². The maximum absolute atomic E-state index is 12.1. The van der Waals surface area contributed by atoms with Crippen LogP contribution in [0.2, 0.25) is 0 Å². The van der Waals surface area contributed by atoms with Crippen LogP contribution in [-0.4, -0.2) is 12.1 Å². The molecule has 0 aromatic heterocycles. The van der Waals surface area contributed by atoms with Crippen molar-refractivity contribution in [3.63, 3.8) is 0 Å². The highest BCUT2D eigenvalue weighted by molar-refractivity contribution is 6.08. The van der Waals surface area contributed by atoms with E-state index in [9.17, 15) is 9.59 Å². The quantitative estimate of drug-likeness (QED) is 0.420. The zero-order chi connectivity index (χ0) is 11.3. The standard InChI is InChI=1S/C13H16O2/c1-3-13(4-2,10-14)12(15)11-8-6-5-7-9-11/h5-10H,3-4H2,1-2H3. The smallest absolute Gasteiger partial charge is 0.176 e. The fourth-order valence-corrected chi connectivity index (χ4v) is 1.67. The van der Waals surface area contributed by atoms with Crippen molar-refractivity contribution in [3.05, 3.63) is 35.9 Å². The van der Waals surface area contributed by atoms with Gasteiger partial charge in [-0.3, -0.25) is 4.79 Å². The third-order valence-corrected chi connectivity index (χ3v) is 2.98. The second kappa shape index (κ2) is 4.87. The second-order valence-corrected chi connectivity index (χ2v) is 3.68. The first-order chi connectivity index (χ1) is 7.20. The van der Waals surface area contributed by atoms with E-state index in [0.717, 1.165) is 6.29 Å². The first kappa shape index (κ1) is 11.6. The topological polar surface area (TPSA) is 34.1 Å². The van der Waals surface area contributed by atoms with Crippen molar-refractivity contribution >= 4 is 12.1 Å². The molecule has 0 aliphatic carbocycles. The van der Waals surface area contributed by atoms with Gasteiger partial charge in [0, 0.05) is 5.56 Å². The summed E-state index contributed by atoms with van der Waals surface area (Å²) in [4.78, 5) is 23.2. The Morgan fingerprint density at radius 3 is 2.13 bits per heavy atom. The Morgan fingerprint density at radius 2 is 1.73 bits per heavy atom. The Balaban J connectivity index is 3.07. The first-order valence-electron chi connectivity index (χ1n) is 5.26. The summed E-state index contributed by atoms with van der Waals surface area (Å²) in [5, 5.41) is 0. The van der Waals surface area contributed by atoms with Crippen LogP contribution in [0.3, 0.4) is 0 Å². The zero-order valence-electron chi connectivity index (χ0n) is 9.19. The molecule has 0 unspecified atom stereocenters. The molecule has 0 fully saturated rings. The molecule has 0 saturated carbocycles. The molecule has 0 spiro atoms. The van der Waals surface area contributed by atoms with Gasteiger partial charge in [0.1, 0.15) is 6.29 Å². The highest BCUT2D eigenvalue weighted by Crippen LogP contribution is 2.28. The normalized spacial score (nSPS) is 11.1. The van der Waals surface area contributed by atoms with Gasteiger partial charge >= 0.3 is 0 Å². The van der Waals surface area contributed by atoms with Crippen molar-refractivity contribution in [1.29, 1.82) is 0 Å². The molecule has 1 rings (SSSR count). The molecule has 2 nitrogen and oxygen atoms in total. The fraction of sp³-hybridized carbons (Fsp3) is 0.385. The molecule has 1 aromatic rings.